The average molecular weight is 353 g/mol. The monoisotopic (exact) mass is 352 g/mol. The zero-order valence-corrected chi connectivity index (χ0v) is 15.5. The van der Waals surface area contributed by atoms with Crippen LogP contribution in [0, 0.1) is 5.41 Å². The zero-order chi connectivity index (χ0) is 17.2. The van der Waals surface area contributed by atoms with Gasteiger partial charge < -0.3 is 4.74 Å². The average Bonchev–Trinajstić information content (AvgIpc) is 2.57. The lowest BCUT2D eigenvalue weighted by molar-refractivity contribution is 0.0531. The molecule has 1 spiro atoms. The summed E-state index contributed by atoms with van der Waals surface area (Å²) in [6.45, 7) is 4.53. The van der Waals surface area contributed by atoms with Crippen LogP contribution in [0.1, 0.15) is 31.2 Å². The molecule has 6 heteroatoms. The third kappa shape index (κ3) is 4.10. The number of ether oxygens (including phenoxy) is 1. The minimum atomic E-state index is -3.03. The summed E-state index contributed by atoms with van der Waals surface area (Å²) in [5, 5.41) is 0. The molecular weight excluding hydrogens is 324 g/mol. The quantitative estimate of drug-likeness (QED) is 0.834. The first-order valence-corrected chi connectivity index (χ1v) is 10.6. The highest BCUT2D eigenvalue weighted by atomic mass is 32.2. The molecule has 24 heavy (non-hydrogen) atoms. The van der Waals surface area contributed by atoms with Crippen LogP contribution in [0.5, 0.6) is 5.75 Å². The van der Waals surface area contributed by atoms with Gasteiger partial charge in [0.15, 0.2) is 0 Å². The van der Waals surface area contributed by atoms with E-state index in [-0.39, 0.29) is 0 Å². The summed E-state index contributed by atoms with van der Waals surface area (Å²) in [4.78, 5) is 2.50. The predicted molar refractivity (Wildman–Crippen MR) is 95.6 cm³/mol. The fraction of sp³-hybridized carbons (Fsp3) is 0.667. The molecule has 0 radical (unpaired) electrons. The highest BCUT2D eigenvalue weighted by Crippen LogP contribution is 2.41. The summed E-state index contributed by atoms with van der Waals surface area (Å²) in [5.74, 6) is 0.911. The first-order valence-electron chi connectivity index (χ1n) is 8.71. The van der Waals surface area contributed by atoms with E-state index in [1.54, 1.807) is 11.4 Å². The lowest BCUT2D eigenvalue weighted by atomic mass is 9.71. The van der Waals surface area contributed by atoms with E-state index in [2.05, 4.69) is 17.0 Å². The number of rotatable bonds is 4. The van der Waals surface area contributed by atoms with Gasteiger partial charge in [0.1, 0.15) is 5.75 Å². The molecule has 2 aliphatic rings. The number of sulfonamides is 1. The second-order valence-corrected chi connectivity index (χ2v) is 9.27. The molecule has 2 heterocycles. The van der Waals surface area contributed by atoms with E-state index >= 15 is 0 Å². The number of benzene rings is 1. The molecule has 3 rings (SSSR count). The third-order valence-corrected chi connectivity index (χ3v) is 7.01. The number of likely N-dealkylation sites (tertiary alicyclic amines) is 1. The maximum absolute atomic E-state index is 11.7. The van der Waals surface area contributed by atoms with Crippen LogP contribution in [-0.4, -0.2) is 57.2 Å². The van der Waals surface area contributed by atoms with Crippen molar-refractivity contribution in [3.63, 3.8) is 0 Å². The summed E-state index contributed by atoms with van der Waals surface area (Å²) in [7, 11) is -1.33. The summed E-state index contributed by atoms with van der Waals surface area (Å²) in [5.41, 5.74) is 1.64. The first-order chi connectivity index (χ1) is 11.4. The van der Waals surface area contributed by atoms with Crippen LogP contribution >= 0.6 is 0 Å². The Labute approximate surface area is 145 Å². The van der Waals surface area contributed by atoms with Crippen molar-refractivity contribution < 1.29 is 13.2 Å². The number of piperidine rings is 2. The maximum atomic E-state index is 11.7. The van der Waals surface area contributed by atoms with Crippen LogP contribution in [0.2, 0.25) is 0 Å². The predicted octanol–water partition coefficient (Wildman–Crippen LogP) is 2.33. The SMILES string of the molecule is COc1cccc(CN2CCC3(CC2)CCN(S(C)(=O)=O)CC3)c1. The van der Waals surface area contributed by atoms with E-state index in [9.17, 15) is 8.42 Å². The van der Waals surface area contributed by atoms with Crippen molar-refractivity contribution in [1.82, 2.24) is 9.21 Å². The van der Waals surface area contributed by atoms with Gasteiger partial charge in [-0.15, -0.1) is 0 Å². The van der Waals surface area contributed by atoms with E-state index in [0.717, 1.165) is 38.2 Å². The van der Waals surface area contributed by atoms with Gasteiger partial charge in [-0.05, 0) is 61.9 Å². The van der Waals surface area contributed by atoms with Crippen LogP contribution in [0.15, 0.2) is 24.3 Å². The van der Waals surface area contributed by atoms with Crippen molar-refractivity contribution in [3.05, 3.63) is 29.8 Å². The molecular formula is C18H28N2O3S. The molecule has 0 aliphatic carbocycles. The van der Waals surface area contributed by atoms with Gasteiger partial charge in [0.05, 0.1) is 13.4 Å². The molecule has 0 bridgehead atoms. The molecule has 0 atom stereocenters. The van der Waals surface area contributed by atoms with Crippen LogP contribution in [0.3, 0.4) is 0 Å². The highest BCUT2D eigenvalue weighted by molar-refractivity contribution is 7.88. The summed E-state index contributed by atoms with van der Waals surface area (Å²) in [6, 6.07) is 8.28. The number of hydrogen-bond acceptors (Lipinski definition) is 4. The Morgan fingerprint density at radius 1 is 1.08 bits per heavy atom. The minimum absolute atomic E-state index is 0.353. The second kappa shape index (κ2) is 7.02. The van der Waals surface area contributed by atoms with Crippen LogP contribution in [0.4, 0.5) is 0 Å². The van der Waals surface area contributed by atoms with Gasteiger partial charge in [-0.1, -0.05) is 12.1 Å². The molecule has 1 aromatic carbocycles. The zero-order valence-electron chi connectivity index (χ0n) is 14.7. The molecule has 134 valence electrons. The number of nitrogens with zero attached hydrogens (tertiary/aromatic N) is 2. The summed E-state index contributed by atoms with van der Waals surface area (Å²) < 4.78 is 30.3. The van der Waals surface area contributed by atoms with Gasteiger partial charge in [-0.3, -0.25) is 4.90 Å². The topological polar surface area (TPSA) is 49.9 Å². The summed E-state index contributed by atoms with van der Waals surface area (Å²) >= 11 is 0. The van der Waals surface area contributed by atoms with E-state index in [1.807, 2.05) is 12.1 Å². The molecule has 2 aliphatic heterocycles. The molecule has 5 nitrogen and oxygen atoms in total. The van der Waals surface area contributed by atoms with Crippen molar-refractivity contribution in [2.75, 3.05) is 39.5 Å². The van der Waals surface area contributed by atoms with Crippen molar-refractivity contribution >= 4 is 10.0 Å². The van der Waals surface area contributed by atoms with Gasteiger partial charge in [-0.2, -0.15) is 0 Å². The van der Waals surface area contributed by atoms with E-state index < -0.39 is 10.0 Å². The van der Waals surface area contributed by atoms with E-state index in [0.29, 0.717) is 18.5 Å². The number of methoxy groups -OCH3 is 1. The fourth-order valence-electron chi connectivity index (χ4n) is 4.01. The van der Waals surface area contributed by atoms with Crippen LogP contribution in [0.25, 0.3) is 0 Å². The Bertz CT molecular complexity index is 657. The molecule has 0 unspecified atom stereocenters. The molecule has 2 fully saturated rings. The largest absolute Gasteiger partial charge is 0.497 e. The Kier molecular flexibility index (Phi) is 5.18. The van der Waals surface area contributed by atoms with Gasteiger partial charge in [0, 0.05) is 19.6 Å². The smallest absolute Gasteiger partial charge is 0.211 e. The number of hydrogen-bond donors (Lipinski definition) is 0. The van der Waals surface area contributed by atoms with E-state index in [1.165, 1.54) is 24.7 Å². The maximum Gasteiger partial charge on any atom is 0.211 e. The lowest BCUT2D eigenvalue weighted by Crippen LogP contribution is -2.47. The van der Waals surface area contributed by atoms with Crippen molar-refractivity contribution in [2.45, 2.75) is 32.2 Å². The summed E-state index contributed by atoms with van der Waals surface area (Å²) in [6.07, 6.45) is 5.69. The molecule has 2 saturated heterocycles. The fourth-order valence-corrected chi connectivity index (χ4v) is 4.85. The third-order valence-electron chi connectivity index (χ3n) is 5.71. The minimum Gasteiger partial charge on any atom is -0.497 e. The molecule has 0 amide bonds. The highest BCUT2D eigenvalue weighted by Gasteiger charge is 2.39. The Balaban J connectivity index is 1.53. The van der Waals surface area contributed by atoms with Crippen molar-refractivity contribution in [2.24, 2.45) is 5.41 Å². The molecule has 1 aromatic rings. The van der Waals surface area contributed by atoms with Gasteiger partial charge in [0.25, 0.3) is 0 Å². The van der Waals surface area contributed by atoms with Crippen molar-refractivity contribution in [3.8, 4) is 5.75 Å². The Morgan fingerprint density at radius 2 is 1.71 bits per heavy atom. The Hall–Kier alpha value is -1.11. The van der Waals surface area contributed by atoms with Crippen LogP contribution < -0.4 is 4.74 Å². The standard InChI is InChI=1S/C18H28N2O3S/c1-23-17-5-3-4-16(14-17)15-19-10-6-18(7-11-19)8-12-20(13-9-18)24(2,21)22/h3-5,14H,6-13,15H2,1-2H3. The molecule has 0 saturated carbocycles. The first kappa shape index (κ1) is 17.7. The van der Waals surface area contributed by atoms with Gasteiger partial charge in [0.2, 0.25) is 10.0 Å². The molecule has 0 N–H and O–H groups in total. The van der Waals surface area contributed by atoms with Gasteiger partial charge in [-0.25, -0.2) is 12.7 Å². The van der Waals surface area contributed by atoms with Gasteiger partial charge >= 0.3 is 0 Å². The lowest BCUT2D eigenvalue weighted by Gasteiger charge is -2.46. The normalized spacial score (nSPS) is 22.6. The second-order valence-electron chi connectivity index (χ2n) is 7.29. The van der Waals surface area contributed by atoms with Crippen LogP contribution in [-0.2, 0) is 16.6 Å². The molecule has 0 aromatic heterocycles. The van der Waals surface area contributed by atoms with Crippen molar-refractivity contribution in [1.29, 1.82) is 0 Å². The van der Waals surface area contributed by atoms with E-state index in [4.69, 9.17) is 4.74 Å². The Morgan fingerprint density at radius 3 is 2.29 bits per heavy atom.